The normalized spacial score (nSPS) is 18.7. The van der Waals surface area contributed by atoms with Crippen molar-refractivity contribution in [3.05, 3.63) is 35.9 Å². The fraction of sp³-hybridized carbons (Fsp3) is 0.471. The van der Waals surface area contributed by atoms with Crippen molar-refractivity contribution >= 4 is 17.8 Å². The highest BCUT2D eigenvalue weighted by Crippen LogP contribution is 2.28. The number of likely N-dealkylation sites (tertiary alicyclic amines) is 1. The molecule has 2 atom stereocenters. The van der Waals surface area contributed by atoms with Gasteiger partial charge in [-0.2, -0.15) is 0 Å². The summed E-state index contributed by atoms with van der Waals surface area (Å²) in [6.45, 7) is 2.68. The average molecular weight is 318 g/mol. The van der Waals surface area contributed by atoms with E-state index in [2.05, 4.69) is 5.32 Å². The van der Waals surface area contributed by atoms with Gasteiger partial charge in [-0.05, 0) is 18.9 Å². The van der Waals surface area contributed by atoms with Gasteiger partial charge < -0.3 is 15.3 Å². The highest BCUT2D eigenvalue weighted by Gasteiger charge is 2.36. The fourth-order valence-electron chi connectivity index (χ4n) is 2.79. The summed E-state index contributed by atoms with van der Waals surface area (Å²) in [6, 6.07) is 9.66. The van der Waals surface area contributed by atoms with Crippen LogP contribution in [0.25, 0.3) is 0 Å². The third-order valence-electron chi connectivity index (χ3n) is 4.15. The zero-order valence-electron chi connectivity index (χ0n) is 13.2. The SMILES string of the molecule is C[C@@H](c1ccccc1)N1C[C@H](C(=O)NCCCC(=O)O)CC1=O. The Morgan fingerprint density at radius 3 is 2.70 bits per heavy atom. The molecule has 1 saturated heterocycles. The van der Waals surface area contributed by atoms with Crippen LogP contribution in [-0.2, 0) is 14.4 Å². The monoisotopic (exact) mass is 318 g/mol. The van der Waals surface area contributed by atoms with Crippen LogP contribution in [0.3, 0.4) is 0 Å². The van der Waals surface area contributed by atoms with Crippen molar-refractivity contribution in [1.29, 1.82) is 0 Å². The number of rotatable bonds is 7. The van der Waals surface area contributed by atoms with E-state index in [1.165, 1.54) is 0 Å². The summed E-state index contributed by atoms with van der Waals surface area (Å²) in [5.41, 5.74) is 1.04. The summed E-state index contributed by atoms with van der Waals surface area (Å²) >= 11 is 0. The number of nitrogens with zero attached hydrogens (tertiary/aromatic N) is 1. The van der Waals surface area contributed by atoms with Crippen LogP contribution >= 0.6 is 0 Å². The van der Waals surface area contributed by atoms with Crippen LogP contribution in [0.4, 0.5) is 0 Å². The second-order valence-electron chi connectivity index (χ2n) is 5.82. The molecular formula is C17H22N2O4. The topological polar surface area (TPSA) is 86.7 Å². The average Bonchev–Trinajstić information content (AvgIpc) is 2.93. The maximum atomic E-state index is 12.2. The van der Waals surface area contributed by atoms with Crippen LogP contribution in [0.15, 0.2) is 30.3 Å². The van der Waals surface area contributed by atoms with Gasteiger partial charge in [0.1, 0.15) is 0 Å². The number of hydrogen-bond donors (Lipinski definition) is 2. The van der Waals surface area contributed by atoms with Crippen LogP contribution in [0.2, 0.25) is 0 Å². The van der Waals surface area contributed by atoms with Crippen LogP contribution in [-0.4, -0.2) is 40.9 Å². The predicted octanol–water partition coefficient (Wildman–Crippen LogP) is 1.58. The number of nitrogens with one attached hydrogen (secondary N) is 1. The van der Waals surface area contributed by atoms with Crippen molar-refractivity contribution in [2.24, 2.45) is 5.92 Å². The molecule has 0 unspecified atom stereocenters. The van der Waals surface area contributed by atoms with Gasteiger partial charge >= 0.3 is 5.97 Å². The first-order valence-electron chi connectivity index (χ1n) is 7.83. The first kappa shape index (κ1) is 17.0. The van der Waals surface area contributed by atoms with E-state index >= 15 is 0 Å². The molecule has 0 saturated carbocycles. The van der Waals surface area contributed by atoms with Gasteiger partial charge in [0.25, 0.3) is 0 Å². The van der Waals surface area contributed by atoms with E-state index in [-0.39, 0.29) is 36.6 Å². The van der Waals surface area contributed by atoms with Crippen LogP contribution in [0, 0.1) is 5.92 Å². The zero-order chi connectivity index (χ0) is 16.8. The molecule has 1 fully saturated rings. The maximum absolute atomic E-state index is 12.2. The number of aliphatic carboxylic acids is 1. The number of carboxylic acid groups (broad SMARTS) is 1. The second kappa shape index (κ2) is 7.76. The minimum Gasteiger partial charge on any atom is -0.481 e. The maximum Gasteiger partial charge on any atom is 0.303 e. The highest BCUT2D eigenvalue weighted by molar-refractivity contribution is 5.89. The molecule has 0 radical (unpaired) electrons. The van der Waals surface area contributed by atoms with Gasteiger partial charge in [0.2, 0.25) is 11.8 Å². The molecule has 2 rings (SSSR count). The standard InChI is InChI=1S/C17H22N2O4/c1-12(13-6-3-2-4-7-13)19-11-14(10-15(19)20)17(23)18-9-5-8-16(21)22/h2-4,6-7,12,14H,5,8-11H2,1H3,(H,18,23)(H,21,22)/t12-,14+/m0/s1. The van der Waals surface area contributed by atoms with Crippen LogP contribution < -0.4 is 5.32 Å². The van der Waals surface area contributed by atoms with Crippen molar-refractivity contribution in [2.45, 2.75) is 32.2 Å². The van der Waals surface area contributed by atoms with Crippen molar-refractivity contribution in [3.8, 4) is 0 Å². The van der Waals surface area contributed by atoms with E-state index in [0.717, 1.165) is 5.56 Å². The van der Waals surface area contributed by atoms with Crippen molar-refractivity contribution in [1.82, 2.24) is 10.2 Å². The molecule has 1 aliphatic rings. The molecular weight excluding hydrogens is 296 g/mol. The van der Waals surface area contributed by atoms with Crippen LogP contribution in [0.1, 0.15) is 37.8 Å². The lowest BCUT2D eigenvalue weighted by Crippen LogP contribution is -2.34. The summed E-state index contributed by atoms with van der Waals surface area (Å²) in [5.74, 6) is -1.44. The van der Waals surface area contributed by atoms with Gasteiger partial charge in [0.15, 0.2) is 0 Å². The van der Waals surface area contributed by atoms with E-state index in [1.807, 2.05) is 37.3 Å². The Morgan fingerprint density at radius 2 is 2.04 bits per heavy atom. The number of carbonyl (C=O) groups excluding carboxylic acids is 2. The van der Waals surface area contributed by atoms with Crippen LogP contribution in [0.5, 0.6) is 0 Å². The summed E-state index contributed by atoms with van der Waals surface area (Å²) in [4.78, 5) is 36.5. The Morgan fingerprint density at radius 1 is 1.35 bits per heavy atom. The lowest BCUT2D eigenvalue weighted by Gasteiger charge is -2.25. The Bertz CT molecular complexity index is 573. The van der Waals surface area contributed by atoms with Gasteiger partial charge in [0, 0.05) is 25.9 Å². The summed E-state index contributed by atoms with van der Waals surface area (Å²) < 4.78 is 0. The Balaban J connectivity index is 1.87. The first-order chi connectivity index (χ1) is 11.0. The molecule has 124 valence electrons. The molecule has 1 aromatic carbocycles. The molecule has 1 aromatic rings. The predicted molar refractivity (Wildman–Crippen MR) is 84.6 cm³/mol. The van der Waals surface area contributed by atoms with Gasteiger partial charge in [0.05, 0.1) is 12.0 Å². The van der Waals surface area contributed by atoms with Gasteiger partial charge in [-0.25, -0.2) is 0 Å². The number of carbonyl (C=O) groups is 3. The molecule has 0 bridgehead atoms. The molecule has 6 heteroatoms. The van der Waals surface area contributed by atoms with E-state index < -0.39 is 5.97 Å². The zero-order valence-corrected chi connectivity index (χ0v) is 13.2. The molecule has 2 N–H and O–H groups in total. The van der Waals surface area contributed by atoms with E-state index in [4.69, 9.17) is 5.11 Å². The van der Waals surface area contributed by atoms with E-state index in [1.54, 1.807) is 4.90 Å². The van der Waals surface area contributed by atoms with Gasteiger partial charge in [-0.15, -0.1) is 0 Å². The number of carboxylic acids is 1. The van der Waals surface area contributed by atoms with Crippen molar-refractivity contribution in [2.75, 3.05) is 13.1 Å². The lowest BCUT2D eigenvalue weighted by atomic mass is 10.1. The molecule has 0 spiro atoms. The smallest absolute Gasteiger partial charge is 0.303 e. The van der Waals surface area contributed by atoms with E-state index in [9.17, 15) is 14.4 Å². The number of benzene rings is 1. The highest BCUT2D eigenvalue weighted by atomic mass is 16.4. The van der Waals surface area contributed by atoms with Gasteiger partial charge in [-0.3, -0.25) is 14.4 Å². The third kappa shape index (κ3) is 4.55. The summed E-state index contributed by atoms with van der Waals surface area (Å²) in [7, 11) is 0. The fourth-order valence-corrected chi connectivity index (χ4v) is 2.79. The molecule has 1 aliphatic heterocycles. The number of hydrogen-bond acceptors (Lipinski definition) is 3. The third-order valence-corrected chi connectivity index (χ3v) is 4.15. The minimum atomic E-state index is -0.877. The Hall–Kier alpha value is -2.37. The molecule has 0 aromatic heterocycles. The summed E-state index contributed by atoms with van der Waals surface area (Å²) in [6.07, 6.45) is 0.634. The molecule has 1 heterocycles. The molecule has 2 amide bonds. The molecule has 0 aliphatic carbocycles. The largest absolute Gasteiger partial charge is 0.481 e. The first-order valence-corrected chi connectivity index (χ1v) is 7.83. The Kier molecular flexibility index (Phi) is 5.73. The molecule has 6 nitrogen and oxygen atoms in total. The summed E-state index contributed by atoms with van der Waals surface area (Å²) in [5, 5.41) is 11.3. The van der Waals surface area contributed by atoms with Crippen molar-refractivity contribution < 1.29 is 19.5 Å². The lowest BCUT2D eigenvalue weighted by molar-refractivity contribution is -0.137. The Labute approximate surface area is 135 Å². The number of amides is 2. The molecule has 23 heavy (non-hydrogen) atoms. The van der Waals surface area contributed by atoms with Gasteiger partial charge in [-0.1, -0.05) is 30.3 Å². The van der Waals surface area contributed by atoms with Crippen molar-refractivity contribution in [3.63, 3.8) is 0 Å². The quantitative estimate of drug-likeness (QED) is 0.747. The van der Waals surface area contributed by atoms with E-state index in [0.29, 0.717) is 19.5 Å². The minimum absolute atomic E-state index is 0.0213. The second-order valence-corrected chi connectivity index (χ2v) is 5.82.